The molecule has 0 aliphatic rings. The van der Waals surface area contributed by atoms with Gasteiger partial charge in [-0.15, -0.1) is 0 Å². The molecule has 2 aromatic rings. The third-order valence-electron chi connectivity index (χ3n) is 2.36. The highest BCUT2D eigenvalue weighted by Crippen LogP contribution is 2.22. The van der Waals surface area contributed by atoms with Gasteiger partial charge in [0.05, 0.1) is 0 Å². The first-order chi connectivity index (χ1) is 9.04. The van der Waals surface area contributed by atoms with Crippen LogP contribution in [0.1, 0.15) is 5.56 Å². The summed E-state index contributed by atoms with van der Waals surface area (Å²) in [4.78, 5) is 15.9. The molecule has 2 N–H and O–H groups in total. The number of rotatable bonds is 2. The Morgan fingerprint density at radius 1 is 1.16 bits per heavy atom. The number of benzene rings is 1. The van der Waals surface area contributed by atoms with Crippen molar-refractivity contribution in [2.24, 2.45) is 0 Å². The van der Waals surface area contributed by atoms with Gasteiger partial charge >= 0.3 is 6.03 Å². The number of pyridine rings is 1. The number of hydrogen-bond acceptors (Lipinski definition) is 2. The molecule has 4 nitrogen and oxygen atoms in total. The maximum atomic E-state index is 11.8. The van der Waals surface area contributed by atoms with Crippen LogP contribution in [0.2, 0.25) is 10.0 Å². The van der Waals surface area contributed by atoms with Gasteiger partial charge in [-0.05, 0) is 36.8 Å². The van der Waals surface area contributed by atoms with Crippen molar-refractivity contribution in [2.75, 3.05) is 10.6 Å². The van der Waals surface area contributed by atoms with Crippen molar-refractivity contribution < 1.29 is 4.79 Å². The van der Waals surface area contributed by atoms with Crippen molar-refractivity contribution in [2.45, 2.75) is 6.92 Å². The quantitative estimate of drug-likeness (QED) is 0.866. The number of carbonyl (C=O) groups is 1. The van der Waals surface area contributed by atoms with Gasteiger partial charge in [0.1, 0.15) is 5.82 Å². The molecular formula is C13H11Cl2N3O. The lowest BCUT2D eigenvalue weighted by Crippen LogP contribution is -2.20. The van der Waals surface area contributed by atoms with E-state index in [0.717, 1.165) is 5.56 Å². The molecule has 2 amide bonds. The fourth-order valence-corrected chi connectivity index (χ4v) is 2.04. The molecule has 19 heavy (non-hydrogen) atoms. The minimum atomic E-state index is -0.403. The standard InChI is InChI=1S/C13H11Cl2N3O/c1-8-3-2-4-16-12(8)18-13(19)17-11-6-9(14)5-10(15)7-11/h2-7H,1H3,(H2,16,17,18,19). The molecule has 0 saturated heterocycles. The molecule has 0 aliphatic carbocycles. The lowest BCUT2D eigenvalue weighted by atomic mass is 10.3. The number of aromatic nitrogens is 1. The summed E-state index contributed by atoms with van der Waals surface area (Å²) >= 11 is 11.7. The van der Waals surface area contributed by atoms with Gasteiger partial charge < -0.3 is 5.32 Å². The second-order valence-electron chi connectivity index (χ2n) is 3.91. The minimum absolute atomic E-state index is 0.403. The Morgan fingerprint density at radius 3 is 2.47 bits per heavy atom. The number of hydrogen-bond donors (Lipinski definition) is 2. The van der Waals surface area contributed by atoms with E-state index in [1.54, 1.807) is 30.5 Å². The van der Waals surface area contributed by atoms with E-state index in [2.05, 4.69) is 15.6 Å². The van der Waals surface area contributed by atoms with Gasteiger partial charge in [-0.25, -0.2) is 9.78 Å². The number of halogens is 2. The highest BCUT2D eigenvalue weighted by molar-refractivity contribution is 6.35. The van der Waals surface area contributed by atoms with E-state index >= 15 is 0 Å². The number of anilines is 2. The first kappa shape index (κ1) is 13.6. The summed E-state index contributed by atoms with van der Waals surface area (Å²) in [6, 6.07) is 8.07. The number of nitrogens with zero attached hydrogens (tertiary/aromatic N) is 1. The molecular weight excluding hydrogens is 285 g/mol. The summed E-state index contributed by atoms with van der Waals surface area (Å²) in [7, 11) is 0. The van der Waals surface area contributed by atoms with Gasteiger partial charge in [-0.2, -0.15) is 0 Å². The SMILES string of the molecule is Cc1cccnc1NC(=O)Nc1cc(Cl)cc(Cl)c1. The molecule has 0 fully saturated rings. The van der Waals surface area contributed by atoms with Crippen LogP contribution in [0.3, 0.4) is 0 Å². The highest BCUT2D eigenvalue weighted by atomic mass is 35.5. The first-order valence-electron chi connectivity index (χ1n) is 5.50. The number of amides is 2. The molecule has 0 radical (unpaired) electrons. The van der Waals surface area contributed by atoms with E-state index in [1.165, 1.54) is 0 Å². The Kier molecular flexibility index (Phi) is 4.24. The molecule has 1 aromatic heterocycles. The summed E-state index contributed by atoms with van der Waals surface area (Å²) in [6.45, 7) is 1.86. The van der Waals surface area contributed by atoms with Gasteiger partial charge in [0.25, 0.3) is 0 Å². The predicted octanol–water partition coefficient (Wildman–Crippen LogP) is 4.34. The molecule has 0 saturated carbocycles. The van der Waals surface area contributed by atoms with Crippen LogP contribution >= 0.6 is 23.2 Å². The number of urea groups is 1. The maximum absolute atomic E-state index is 11.8. The topological polar surface area (TPSA) is 54.0 Å². The van der Waals surface area contributed by atoms with Crippen molar-refractivity contribution in [1.82, 2.24) is 4.98 Å². The summed E-state index contributed by atoms with van der Waals surface area (Å²) in [5.41, 5.74) is 1.39. The van der Waals surface area contributed by atoms with Crippen LogP contribution in [-0.4, -0.2) is 11.0 Å². The van der Waals surface area contributed by atoms with Crippen molar-refractivity contribution in [3.05, 3.63) is 52.1 Å². The van der Waals surface area contributed by atoms with E-state index in [1.807, 2.05) is 13.0 Å². The second kappa shape index (κ2) is 5.91. The Labute approximate surface area is 120 Å². The average Bonchev–Trinajstić information content (AvgIpc) is 2.30. The zero-order valence-corrected chi connectivity index (χ0v) is 11.6. The average molecular weight is 296 g/mol. The largest absolute Gasteiger partial charge is 0.324 e. The van der Waals surface area contributed by atoms with Gasteiger partial charge in [-0.1, -0.05) is 29.3 Å². The lowest BCUT2D eigenvalue weighted by Gasteiger charge is -2.09. The molecule has 0 unspecified atom stereocenters. The molecule has 1 aromatic carbocycles. The van der Waals surface area contributed by atoms with Crippen molar-refractivity contribution >= 4 is 40.7 Å². The van der Waals surface area contributed by atoms with E-state index in [4.69, 9.17) is 23.2 Å². The molecule has 0 atom stereocenters. The molecule has 1 heterocycles. The van der Waals surface area contributed by atoms with Crippen LogP contribution in [0.5, 0.6) is 0 Å². The lowest BCUT2D eigenvalue weighted by molar-refractivity contribution is 0.262. The first-order valence-corrected chi connectivity index (χ1v) is 6.26. The summed E-state index contributed by atoms with van der Waals surface area (Å²) in [5, 5.41) is 6.20. The van der Waals surface area contributed by atoms with Crippen molar-refractivity contribution in [1.29, 1.82) is 0 Å². The third kappa shape index (κ3) is 3.84. The molecule has 0 spiro atoms. The van der Waals surface area contributed by atoms with E-state index in [0.29, 0.717) is 21.6 Å². The van der Waals surface area contributed by atoms with Crippen molar-refractivity contribution in [3.8, 4) is 0 Å². The minimum Gasteiger partial charge on any atom is -0.308 e. The summed E-state index contributed by atoms with van der Waals surface area (Å²) < 4.78 is 0. The summed E-state index contributed by atoms with van der Waals surface area (Å²) in [6.07, 6.45) is 1.61. The van der Waals surface area contributed by atoms with Crippen LogP contribution in [0.4, 0.5) is 16.3 Å². The smallest absolute Gasteiger partial charge is 0.308 e. The van der Waals surface area contributed by atoms with E-state index in [-0.39, 0.29) is 0 Å². The molecule has 6 heteroatoms. The van der Waals surface area contributed by atoms with Gasteiger partial charge in [0, 0.05) is 21.9 Å². The van der Waals surface area contributed by atoms with Crippen LogP contribution in [0.25, 0.3) is 0 Å². The maximum Gasteiger partial charge on any atom is 0.324 e. The fraction of sp³-hybridized carbons (Fsp3) is 0.0769. The van der Waals surface area contributed by atoms with Crippen molar-refractivity contribution in [3.63, 3.8) is 0 Å². The molecule has 0 bridgehead atoms. The van der Waals surface area contributed by atoms with Crippen LogP contribution in [0, 0.1) is 6.92 Å². The predicted molar refractivity (Wildman–Crippen MR) is 78.1 cm³/mol. The van der Waals surface area contributed by atoms with E-state index in [9.17, 15) is 4.79 Å². The molecule has 98 valence electrons. The zero-order valence-electron chi connectivity index (χ0n) is 10.1. The number of nitrogens with one attached hydrogen (secondary N) is 2. The zero-order chi connectivity index (χ0) is 13.8. The number of carbonyl (C=O) groups excluding carboxylic acids is 1. The Morgan fingerprint density at radius 2 is 1.84 bits per heavy atom. The number of aryl methyl sites for hydroxylation is 1. The van der Waals surface area contributed by atoms with Gasteiger partial charge in [0.15, 0.2) is 0 Å². The monoisotopic (exact) mass is 295 g/mol. The highest BCUT2D eigenvalue weighted by Gasteiger charge is 2.06. The van der Waals surface area contributed by atoms with E-state index < -0.39 is 6.03 Å². The third-order valence-corrected chi connectivity index (χ3v) is 2.80. The molecule has 0 aliphatic heterocycles. The van der Waals surface area contributed by atoms with Crippen LogP contribution in [0.15, 0.2) is 36.5 Å². The normalized spacial score (nSPS) is 10.1. The van der Waals surface area contributed by atoms with Crippen LogP contribution in [-0.2, 0) is 0 Å². The fourth-order valence-electron chi connectivity index (χ4n) is 1.51. The van der Waals surface area contributed by atoms with Gasteiger partial charge in [0.2, 0.25) is 0 Å². The Balaban J connectivity index is 2.07. The molecule has 2 rings (SSSR count). The second-order valence-corrected chi connectivity index (χ2v) is 4.78. The van der Waals surface area contributed by atoms with Crippen LogP contribution < -0.4 is 10.6 Å². The Hall–Kier alpha value is -1.78. The summed E-state index contributed by atoms with van der Waals surface area (Å²) in [5.74, 6) is 0.508. The van der Waals surface area contributed by atoms with Gasteiger partial charge in [-0.3, -0.25) is 5.32 Å². The Bertz CT molecular complexity index is 596.